The van der Waals surface area contributed by atoms with Crippen molar-refractivity contribution in [3.05, 3.63) is 53.2 Å². The molecule has 1 saturated heterocycles. The fraction of sp³-hybridized carbons (Fsp3) is 0.400. The maximum atomic E-state index is 13.0. The number of piperazine rings is 1. The summed E-state index contributed by atoms with van der Waals surface area (Å²) in [7, 11) is 2.07. The molecule has 3 rings (SSSR count). The molecule has 2 heterocycles. The van der Waals surface area contributed by atoms with Crippen LogP contribution < -0.4 is 0 Å². The van der Waals surface area contributed by atoms with E-state index in [9.17, 15) is 9.59 Å². The van der Waals surface area contributed by atoms with Gasteiger partial charge in [-0.3, -0.25) is 14.5 Å². The van der Waals surface area contributed by atoms with Crippen LogP contribution in [0, 0.1) is 13.8 Å². The molecule has 2 amide bonds. The molecule has 25 heavy (non-hydrogen) atoms. The molecule has 2 aliphatic heterocycles. The Morgan fingerprint density at radius 3 is 2.36 bits per heavy atom. The zero-order valence-electron chi connectivity index (χ0n) is 15.2. The number of benzene rings is 1. The summed E-state index contributed by atoms with van der Waals surface area (Å²) in [6.45, 7) is 11.2. The summed E-state index contributed by atoms with van der Waals surface area (Å²) in [5.74, 6) is -0.421. The number of carbonyl (C=O) groups excluding carboxylic acids is 2. The number of imide groups is 1. The van der Waals surface area contributed by atoms with E-state index in [0.717, 1.165) is 42.9 Å². The normalized spacial score (nSPS) is 19.2. The van der Waals surface area contributed by atoms with Crippen LogP contribution in [-0.4, -0.2) is 66.3 Å². The Labute approximate surface area is 149 Å². The first-order chi connectivity index (χ1) is 11.9. The SMILES string of the molecule is C=CCN1C(=O)C(c2ccc(C)cc2C)=C(N2CCN(C)CC2)C1=O. The highest BCUT2D eigenvalue weighted by Gasteiger charge is 2.41. The van der Waals surface area contributed by atoms with E-state index in [4.69, 9.17) is 0 Å². The number of rotatable bonds is 4. The van der Waals surface area contributed by atoms with Crippen molar-refractivity contribution in [2.45, 2.75) is 13.8 Å². The summed E-state index contributed by atoms with van der Waals surface area (Å²) in [6.07, 6.45) is 1.60. The molecule has 5 nitrogen and oxygen atoms in total. The Hall–Kier alpha value is -2.40. The lowest BCUT2D eigenvalue weighted by atomic mass is 9.97. The number of carbonyl (C=O) groups is 2. The van der Waals surface area contributed by atoms with Gasteiger partial charge in [-0.15, -0.1) is 6.58 Å². The molecule has 1 aromatic rings. The monoisotopic (exact) mass is 339 g/mol. The highest BCUT2D eigenvalue weighted by atomic mass is 16.2. The summed E-state index contributed by atoms with van der Waals surface area (Å²) < 4.78 is 0. The van der Waals surface area contributed by atoms with Gasteiger partial charge in [-0.1, -0.05) is 29.8 Å². The van der Waals surface area contributed by atoms with Crippen molar-refractivity contribution < 1.29 is 9.59 Å². The Morgan fingerprint density at radius 1 is 1.08 bits per heavy atom. The number of likely N-dealkylation sites (N-methyl/N-ethyl adjacent to an activating group) is 1. The quantitative estimate of drug-likeness (QED) is 0.620. The fourth-order valence-electron chi connectivity index (χ4n) is 3.52. The minimum absolute atomic E-state index is 0.204. The first kappa shape index (κ1) is 17.4. The molecule has 1 aromatic carbocycles. The van der Waals surface area contributed by atoms with E-state index in [1.807, 2.05) is 26.0 Å². The topological polar surface area (TPSA) is 43.9 Å². The summed E-state index contributed by atoms with van der Waals surface area (Å²) >= 11 is 0. The zero-order valence-corrected chi connectivity index (χ0v) is 15.2. The lowest BCUT2D eigenvalue weighted by Gasteiger charge is -2.34. The third-order valence-corrected chi connectivity index (χ3v) is 4.93. The predicted molar refractivity (Wildman–Crippen MR) is 98.8 cm³/mol. The number of nitrogens with zero attached hydrogens (tertiary/aromatic N) is 3. The minimum Gasteiger partial charge on any atom is -0.364 e. The molecule has 132 valence electrons. The molecule has 0 aromatic heterocycles. The van der Waals surface area contributed by atoms with Crippen LogP contribution in [0.5, 0.6) is 0 Å². The van der Waals surface area contributed by atoms with Crippen LogP contribution >= 0.6 is 0 Å². The molecule has 0 saturated carbocycles. The highest BCUT2D eigenvalue weighted by Crippen LogP contribution is 2.33. The van der Waals surface area contributed by atoms with Gasteiger partial charge in [0.05, 0.1) is 5.57 Å². The Morgan fingerprint density at radius 2 is 1.76 bits per heavy atom. The highest BCUT2D eigenvalue weighted by molar-refractivity contribution is 6.35. The van der Waals surface area contributed by atoms with Gasteiger partial charge in [-0.25, -0.2) is 0 Å². The number of amides is 2. The van der Waals surface area contributed by atoms with Gasteiger partial charge < -0.3 is 9.80 Å². The standard InChI is InChI=1S/C20H25N3O2/c1-5-8-23-19(24)17(16-7-6-14(2)13-15(16)3)18(20(23)25)22-11-9-21(4)10-12-22/h5-7,13H,1,8-12H2,2-4H3. The van der Waals surface area contributed by atoms with Crippen LogP contribution in [0.15, 0.2) is 36.6 Å². The van der Waals surface area contributed by atoms with E-state index in [1.165, 1.54) is 4.90 Å². The molecular weight excluding hydrogens is 314 g/mol. The van der Waals surface area contributed by atoms with Crippen LogP contribution in [0.4, 0.5) is 0 Å². The Bertz CT molecular complexity index is 758. The summed E-state index contributed by atoms with van der Waals surface area (Å²) in [4.78, 5) is 31.6. The number of hydrogen-bond acceptors (Lipinski definition) is 4. The molecule has 5 heteroatoms. The minimum atomic E-state index is -0.217. The maximum absolute atomic E-state index is 13.0. The first-order valence-corrected chi connectivity index (χ1v) is 8.66. The second-order valence-electron chi connectivity index (χ2n) is 6.84. The van der Waals surface area contributed by atoms with Gasteiger partial charge in [0.1, 0.15) is 5.70 Å². The third kappa shape index (κ3) is 3.12. The van der Waals surface area contributed by atoms with E-state index < -0.39 is 0 Å². The van der Waals surface area contributed by atoms with E-state index in [2.05, 4.69) is 29.5 Å². The van der Waals surface area contributed by atoms with Crippen molar-refractivity contribution >= 4 is 17.4 Å². The summed E-state index contributed by atoms with van der Waals surface area (Å²) in [5.41, 5.74) is 4.09. The second-order valence-corrected chi connectivity index (χ2v) is 6.84. The maximum Gasteiger partial charge on any atom is 0.278 e. The van der Waals surface area contributed by atoms with Crippen LogP contribution in [0.25, 0.3) is 5.57 Å². The lowest BCUT2D eigenvalue weighted by molar-refractivity contribution is -0.137. The van der Waals surface area contributed by atoms with Crippen molar-refractivity contribution in [2.24, 2.45) is 0 Å². The Balaban J connectivity index is 2.10. The molecule has 2 aliphatic rings. The van der Waals surface area contributed by atoms with Gasteiger partial charge in [-0.2, -0.15) is 0 Å². The molecule has 0 atom stereocenters. The molecule has 0 bridgehead atoms. The molecule has 0 radical (unpaired) electrons. The van der Waals surface area contributed by atoms with E-state index in [-0.39, 0.29) is 18.4 Å². The van der Waals surface area contributed by atoms with Crippen molar-refractivity contribution in [1.82, 2.24) is 14.7 Å². The van der Waals surface area contributed by atoms with Crippen LogP contribution in [0.2, 0.25) is 0 Å². The molecule has 1 fully saturated rings. The first-order valence-electron chi connectivity index (χ1n) is 8.66. The van der Waals surface area contributed by atoms with Gasteiger partial charge >= 0.3 is 0 Å². The average molecular weight is 339 g/mol. The van der Waals surface area contributed by atoms with Crippen molar-refractivity contribution in [1.29, 1.82) is 0 Å². The zero-order chi connectivity index (χ0) is 18.1. The number of aryl methyl sites for hydroxylation is 2. The third-order valence-electron chi connectivity index (χ3n) is 4.93. The van der Waals surface area contributed by atoms with Gasteiger partial charge in [0.2, 0.25) is 0 Å². The van der Waals surface area contributed by atoms with Gasteiger partial charge in [0.15, 0.2) is 0 Å². The van der Waals surface area contributed by atoms with E-state index in [0.29, 0.717) is 11.3 Å². The second kappa shape index (κ2) is 6.84. The van der Waals surface area contributed by atoms with Gasteiger partial charge in [-0.05, 0) is 32.0 Å². The molecular formula is C20H25N3O2. The molecule has 0 spiro atoms. The smallest absolute Gasteiger partial charge is 0.278 e. The lowest BCUT2D eigenvalue weighted by Crippen LogP contribution is -2.46. The van der Waals surface area contributed by atoms with Crippen LogP contribution in [0.3, 0.4) is 0 Å². The van der Waals surface area contributed by atoms with Crippen LogP contribution in [0.1, 0.15) is 16.7 Å². The summed E-state index contributed by atoms with van der Waals surface area (Å²) in [5, 5.41) is 0. The average Bonchev–Trinajstić information content (AvgIpc) is 2.81. The van der Waals surface area contributed by atoms with Crippen molar-refractivity contribution in [2.75, 3.05) is 39.8 Å². The van der Waals surface area contributed by atoms with Gasteiger partial charge in [0, 0.05) is 32.7 Å². The predicted octanol–water partition coefficient (Wildman–Crippen LogP) is 1.82. The number of hydrogen-bond donors (Lipinski definition) is 0. The van der Waals surface area contributed by atoms with Crippen molar-refractivity contribution in [3.63, 3.8) is 0 Å². The van der Waals surface area contributed by atoms with Crippen molar-refractivity contribution in [3.8, 4) is 0 Å². The molecule has 0 unspecified atom stereocenters. The van der Waals surface area contributed by atoms with Crippen LogP contribution in [-0.2, 0) is 9.59 Å². The fourth-order valence-corrected chi connectivity index (χ4v) is 3.52. The molecule has 0 N–H and O–H groups in total. The van der Waals surface area contributed by atoms with E-state index >= 15 is 0 Å². The Kier molecular flexibility index (Phi) is 4.77. The van der Waals surface area contributed by atoms with Gasteiger partial charge in [0.25, 0.3) is 11.8 Å². The summed E-state index contributed by atoms with van der Waals surface area (Å²) in [6, 6.07) is 6.00. The van der Waals surface area contributed by atoms with E-state index in [1.54, 1.807) is 6.08 Å². The largest absolute Gasteiger partial charge is 0.364 e. The molecule has 0 aliphatic carbocycles.